The van der Waals surface area contributed by atoms with E-state index in [0.29, 0.717) is 24.9 Å². The number of rotatable bonds is 7. The molecular weight excluding hydrogens is 373 g/mol. The number of carboxylic acid groups (broad SMARTS) is 1. The first-order valence-electron chi connectivity index (χ1n) is 8.74. The maximum atomic E-state index is 12.6. The highest BCUT2D eigenvalue weighted by Gasteiger charge is 2.29. The standard InChI is InChI=1S/C20H21F3N2O3/c1-2-17(25-19(27)28)18(26)24-12-11-13-3-5-14(6-4-13)15-7-9-16(10-8-15)20(21,22)23/h3-10,17,25H,2,11-12H2,1H3,(H,24,26)(H,27,28). The lowest BCUT2D eigenvalue weighted by Gasteiger charge is -2.14. The van der Waals surface area contributed by atoms with Crippen LogP contribution >= 0.6 is 0 Å². The second kappa shape index (κ2) is 9.25. The van der Waals surface area contributed by atoms with Crippen LogP contribution in [0, 0.1) is 0 Å². The van der Waals surface area contributed by atoms with Crippen molar-refractivity contribution in [3.8, 4) is 11.1 Å². The Bertz CT molecular complexity index is 803. The molecular formula is C20H21F3N2O3. The normalized spacial score (nSPS) is 12.3. The maximum absolute atomic E-state index is 12.6. The largest absolute Gasteiger partial charge is 0.465 e. The molecule has 1 atom stereocenters. The molecule has 0 fully saturated rings. The number of carbonyl (C=O) groups is 2. The van der Waals surface area contributed by atoms with E-state index >= 15 is 0 Å². The first kappa shape index (κ1) is 21.3. The van der Waals surface area contributed by atoms with Crippen LogP contribution in [0.4, 0.5) is 18.0 Å². The fourth-order valence-corrected chi connectivity index (χ4v) is 2.67. The number of hydrogen-bond acceptors (Lipinski definition) is 2. The summed E-state index contributed by atoms with van der Waals surface area (Å²) in [6.07, 6.45) is -4.72. The van der Waals surface area contributed by atoms with E-state index in [4.69, 9.17) is 5.11 Å². The van der Waals surface area contributed by atoms with Crippen LogP contribution in [0.5, 0.6) is 0 Å². The van der Waals surface area contributed by atoms with Gasteiger partial charge >= 0.3 is 12.3 Å². The zero-order valence-corrected chi connectivity index (χ0v) is 15.2. The predicted octanol–water partition coefficient (Wildman–Crippen LogP) is 4.08. The van der Waals surface area contributed by atoms with Crippen LogP contribution < -0.4 is 10.6 Å². The Labute approximate surface area is 160 Å². The Balaban J connectivity index is 1.91. The average molecular weight is 394 g/mol. The zero-order valence-electron chi connectivity index (χ0n) is 15.2. The molecule has 0 radical (unpaired) electrons. The van der Waals surface area contributed by atoms with Crippen LogP contribution in [-0.2, 0) is 17.4 Å². The van der Waals surface area contributed by atoms with E-state index in [0.717, 1.165) is 23.3 Å². The summed E-state index contributed by atoms with van der Waals surface area (Å²) in [7, 11) is 0. The summed E-state index contributed by atoms with van der Waals surface area (Å²) < 4.78 is 37.9. The molecule has 2 aromatic carbocycles. The molecule has 0 aliphatic carbocycles. The summed E-state index contributed by atoms with van der Waals surface area (Å²) in [5.74, 6) is -0.383. The van der Waals surface area contributed by atoms with E-state index in [1.165, 1.54) is 12.1 Å². The Morgan fingerprint density at radius 3 is 2.00 bits per heavy atom. The highest BCUT2D eigenvalue weighted by Crippen LogP contribution is 2.31. The summed E-state index contributed by atoms with van der Waals surface area (Å²) in [5.41, 5.74) is 1.72. The molecule has 2 aromatic rings. The summed E-state index contributed by atoms with van der Waals surface area (Å²) in [4.78, 5) is 22.6. The third-order valence-electron chi connectivity index (χ3n) is 4.23. The van der Waals surface area contributed by atoms with Gasteiger partial charge < -0.3 is 15.7 Å². The molecule has 0 aliphatic rings. The van der Waals surface area contributed by atoms with Gasteiger partial charge in [0.1, 0.15) is 6.04 Å². The maximum Gasteiger partial charge on any atom is 0.416 e. The molecule has 150 valence electrons. The van der Waals surface area contributed by atoms with Crippen LogP contribution in [0.1, 0.15) is 24.5 Å². The van der Waals surface area contributed by atoms with Gasteiger partial charge in [0, 0.05) is 6.54 Å². The molecule has 2 rings (SSSR count). The zero-order chi connectivity index (χ0) is 20.7. The molecule has 0 heterocycles. The van der Waals surface area contributed by atoms with Gasteiger partial charge in [-0.1, -0.05) is 43.3 Å². The van der Waals surface area contributed by atoms with Gasteiger partial charge in [0.15, 0.2) is 0 Å². The fourth-order valence-electron chi connectivity index (χ4n) is 2.67. The Morgan fingerprint density at radius 1 is 1.00 bits per heavy atom. The molecule has 0 bridgehead atoms. The minimum atomic E-state index is -4.36. The van der Waals surface area contributed by atoms with Crippen molar-refractivity contribution in [2.24, 2.45) is 0 Å². The van der Waals surface area contributed by atoms with Crippen molar-refractivity contribution in [2.75, 3.05) is 6.54 Å². The number of benzene rings is 2. The van der Waals surface area contributed by atoms with Crippen molar-refractivity contribution in [3.63, 3.8) is 0 Å². The van der Waals surface area contributed by atoms with Crippen molar-refractivity contribution in [1.29, 1.82) is 0 Å². The first-order chi connectivity index (χ1) is 13.2. The third kappa shape index (κ3) is 6.00. The highest BCUT2D eigenvalue weighted by molar-refractivity contribution is 5.85. The lowest BCUT2D eigenvalue weighted by molar-refractivity contribution is -0.137. The van der Waals surface area contributed by atoms with Crippen LogP contribution in [0.2, 0.25) is 0 Å². The lowest BCUT2D eigenvalue weighted by atomic mass is 10.0. The number of hydrogen-bond donors (Lipinski definition) is 3. The molecule has 0 saturated carbocycles. The summed E-state index contributed by atoms with van der Waals surface area (Å²) in [6, 6.07) is 11.5. The topological polar surface area (TPSA) is 78.4 Å². The number of amides is 2. The number of nitrogens with one attached hydrogen (secondary N) is 2. The fraction of sp³-hybridized carbons (Fsp3) is 0.300. The molecule has 5 nitrogen and oxygen atoms in total. The van der Waals surface area contributed by atoms with Crippen molar-refractivity contribution >= 4 is 12.0 Å². The van der Waals surface area contributed by atoms with E-state index in [1.54, 1.807) is 19.1 Å². The lowest BCUT2D eigenvalue weighted by Crippen LogP contribution is -2.46. The van der Waals surface area contributed by atoms with Crippen molar-refractivity contribution in [1.82, 2.24) is 10.6 Å². The van der Waals surface area contributed by atoms with Gasteiger partial charge in [0.2, 0.25) is 5.91 Å². The van der Waals surface area contributed by atoms with Gasteiger partial charge in [-0.3, -0.25) is 4.79 Å². The second-order valence-electron chi connectivity index (χ2n) is 6.22. The van der Waals surface area contributed by atoms with Crippen LogP contribution in [0.3, 0.4) is 0 Å². The van der Waals surface area contributed by atoms with Gasteiger partial charge in [-0.2, -0.15) is 13.2 Å². The molecule has 0 saturated heterocycles. The quantitative estimate of drug-likeness (QED) is 0.662. The summed E-state index contributed by atoms with van der Waals surface area (Å²) >= 11 is 0. The minimum absolute atomic E-state index is 0.344. The van der Waals surface area contributed by atoms with E-state index in [9.17, 15) is 22.8 Å². The highest BCUT2D eigenvalue weighted by atomic mass is 19.4. The smallest absolute Gasteiger partial charge is 0.416 e. The Morgan fingerprint density at radius 2 is 1.54 bits per heavy atom. The number of halogens is 3. The van der Waals surface area contributed by atoms with Gasteiger partial charge in [-0.05, 0) is 41.7 Å². The Hall–Kier alpha value is -3.03. The number of alkyl halides is 3. The summed E-state index contributed by atoms with van der Waals surface area (Å²) in [5, 5.41) is 13.5. The van der Waals surface area contributed by atoms with Crippen molar-refractivity contribution in [2.45, 2.75) is 32.0 Å². The molecule has 2 amide bonds. The minimum Gasteiger partial charge on any atom is -0.465 e. The van der Waals surface area contributed by atoms with Gasteiger partial charge in [0.25, 0.3) is 0 Å². The molecule has 0 aliphatic heterocycles. The van der Waals surface area contributed by atoms with E-state index in [2.05, 4.69) is 10.6 Å². The molecule has 0 spiro atoms. The molecule has 1 unspecified atom stereocenters. The van der Waals surface area contributed by atoms with E-state index in [1.807, 2.05) is 12.1 Å². The second-order valence-corrected chi connectivity index (χ2v) is 6.22. The van der Waals surface area contributed by atoms with Crippen molar-refractivity contribution in [3.05, 3.63) is 59.7 Å². The average Bonchev–Trinajstić information content (AvgIpc) is 2.66. The van der Waals surface area contributed by atoms with Gasteiger partial charge in [-0.15, -0.1) is 0 Å². The van der Waals surface area contributed by atoms with Crippen LogP contribution in [-0.4, -0.2) is 29.7 Å². The van der Waals surface area contributed by atoms with E-state index < -0.39 is 23.9 Å². The van der Waals surface area contributed by atoms with E-state index in [-0.39, 0.29) is 5.91 Å². The molecule has 8 heteroatoms. The monoisotopic (exact) mass is 394 g/mol. The third-order valence-corrected chi connectivity index (χ3v) is 4.23. The van der Waals surface area contributed by atoms with Crippen molar-refractivity contribution < 1.29 is 27.9 Å². The molecule has 28 heavy (non-hydrogen) atoms. The van der Waals surface area contributed by atoms with Gasteiger partial charge in [-0.25, -0.2) is 4.79 Å². The number of carbonyl (C=O) groups excluding carboxylic acids is 1. The van der Waals surface area contributed by atoms with Crippen LogP contribution in [0.15, 0.2) is 48.5 Å². The summed E-state index contributed by atoms with van der Waals surface area (Å²) in [6.45, 7) is 2.05. The van der Waals surface area contributed by atoms with Gasteiger partial charge in [0.05, 0.1) is 5.56 Å². The predicted molar refractivity (Wildman–Crippen MR) is 98.8 cm³/mol. The first-order valence-corrected chi connectivity index (χ1v) is 8.74. The van der Waals surface area contributed by atoms with Crippen LogP contribution in [0.25, 0.3) is 11.1 Å². The SMILES string of the molecule is CCC(NC(=O)O)C(=O)NCCc1ccc(-c2ccc(C(F)(F)F)cc2)cc1. The molecule has 0 aromatic heterocycles. The molecule has 3 N–H and O–H groups in total. The Kier molecular flexibility index (Phi) is 7.03.